The molecule has 3 heteroatoms. The zero-order valence-corrected chi connectivity index (χ0v) is 12.4. The van der Waals surface area contributed by atoms with E-state index in [2.05, 4.69) is 26.1 Å². The van der Waals surface area contributed by atoms with Crippen LogP contribution in [-0.2, 0) is 4.79 Å². The molecule has 0 radical (unpaired) electrons. The number of carboxylic acids is 1. The summed E-state index contributed by atoms with van der Waals surface area (Å²) in [6.07, 6.45) is 3.61. The molecule has 2 N–H and O–H groups in total. The van der Waals surface area contributed by atoms with Gasteiger partial charge in [-0.15, -0.1) is 0 Å². The highest BCUT2D eigenvalue weighted by Crippen LogP contribution is 2.34. The fourth-order valence-corrected chi connectivity index (χ4v) is 3.17. The maximum Gasteiger partial charge on any atom is 0.320 e. The molecule has 0 spiro atoms. The van der Waals surface area contributed by atoms with Gasteiger partial charge in [0.1, 0.15) is 6.04 Å². The first-order valence-electron chi connectivity index (χ1n) is 7.31. The van der Waals surface area contributed by atoms with Gasteiger partial charge in [0.15, 0.2) is 0 Å². The molecule has 0 aromatic heterocycles. The van der Waals surface area contributed by atoms with Gasteiger partial charge in [0, 0.05) is 6.04 Å². The number of nitrogens with one attached hydrogen (secondary N) is 1. The van der Waals surface area contributed by atoms with Gasteiger partial charge in [-0.3, -0.25) is 4.79 Å². The lowest BCUT2D eigenvalue weighted by Gasteiger charge is -2.40. The predicted molar refractivity (Wildman–Crippen MR) is 74.5 cm³/mol. The SMILES string of the molecule is CC1CCC(C(C)C)C(NC(C(=O)O)C(C)C)C1. The number of rotatable bonds is 5. The number of hydrogen-bond donors (Lipinski definition) is 2. The van der Waals surface area contributed by atoms with E-state index in [1.54, 1.807) is 0 Å². The van der Waals surface area contributed by atoms with Crippen molar-refractivity contribution in [3.05, 3.63) is 0 Å². The molecule has 1 aliphatic carbocycles. The maximum atomic E-state index is 11.3. The standard InChI is InChI=1S/C15H29NO2/c1-9(2)12-7-6-11(5)8-13(12)16-14(10(3)4)15(17)18/h9-14,16H,6-8H2,1-5H3,(H,17,18). The molecule has 1 saturated carbocycles. The van der Waals surface area contributed by atoms with Crippen LogP contribution in [0, 0.1) is 23.7 Å². The lowest BCUT2D eigenvalue weighted by atomic mass is 9.73. The summed E-state index contributed by atoms with van der Waals surface area (Å²) in [4.78, 5) is 11.3. The van der Waals surface area contributed by atoms with E-state index in [0.29, 0.717) is 23.8 Å². The molecule has 0 aromatic carbocycles. The van der Waals surface area contributed by atoms with Crippen molar-refractivity contribution in [2.45, 2.75) is 66.0 Å². The second-order valence-electron chi connectivity index (χ2n) is 6.66. The fraction of sp³-hybridized carbons (Fsp3) is 0.933. The van der Waals surface area contributed by atoms with Crippen molar-refractivity contribution in [2.24, 2.45) is 23.7 Å². The highest BCUT2D eigenvalue weighted by Gasteiger charge is 2.34. The smallest absolute Gasteiger partial charge is 0.320 e. The molecule has 0 saturated heterocycles. The van der Waals surface area contributed by atoms with Gasteiger partial charge in [-0.25, -0.2) is 0 Å². The highest BCUT2D eigenvalue weighted by atomic mass is 16.4. The Hall–Kier alpha value is -0.570. The number of carbonyl (C=O) groups is 1. The zero-order chi connectivity index (χ0) is 13.9. The van der Waals surface area contributed by atoms with Crippen LogP contribution >= 0.6 is 0 Å². The molecule has 0 amide bonds. The Bertz CT molecular complexity index is 276. The van der Waals surface area contributed by atoms with Crippen molar-refractivity contribution < 1.29 is 9.90 Å². The number of carboxylic acid groups (broad SMARTS) is 1. The lowest BCUT2D eigenvalue weighted by molar-refractivity contribution is -0.141. The molecule has 0 bridgehead atoms. The monoisotopic (exact) mass is 255 g/mol. The molecule has 1 fully saturated rings. The average Bonchev–Trinajstić information content (AvgIpc) is 2.24. The Kier molecular flexibility index (Phi) is 5.64. The first kappa shape index (κ1) is 15.5. The van der Waals surface area contributed by atoms with Crippen LogP contribution in [0.2, 0.25) is 0 Å². The van der Waals surface area contributed by atoms with E-state index < -0.39 is 12.0 Å². The molecule has 4 atom stereocenters. The van der Waals surface area contributed by atoms with E-state index in [0.717, 1.165) is 6.42 Å². The summed E-state index contributed by atoms with van der Waals surface area (Å²) in [5, 5.41) is 12.7. The average molecular weight is 255 g/mol. The van der Waals surface area contributed by atoms with E-state index in [-0.39, 0.29) is 5.92 Å². The van der Waals surface area contributed by atoms with Crippen molar-refractivity contribution in [1.29, 1.82) is 0 Å². The summed E-state index contributed by atoms with van der Waals surface area (Å²) in [5.41, 5.74) is 0. The van der Waals surface area contributed by atoms with Gasteiger partial charge in [0.05, 0.1) is 0 Å². The van der Waals surface area contributed by atoms with Gasteiger partial charge in [0.25, 0.3) is 0 Å². The van der Waals surface area contributed by atoms with Crippen LogP contribution in [0.25, 0.3) is 0 Å². The van der Waals surface area contributed by atoms with Crippen molar-refractivity contribution in [1.82, 2.24) is 5.32 Å². The number of aliphatic carboxylic acids is 1. The van der Waals surface area contributed by atoms with Gasteiger partial charge in [-0.05, 0) is 36.5 Å². The minimum atomic E-state index is -0.717. The van der Waals surface area contributed by atoms with Gasteiger partial charge >= 0.3 is 5.97 Å². The Morgan fingerprint density at radius 3 is 2.28 bits per heavy atom. The molecule has 106 valence electrons. The van der Waals surface area contributed by atoms with Crippen LogP contribution < -0.4 is 5.32 Å². The first-order chi connectivity index (χ1) is 8.32. The Morgan fingerprint density at radius 1 is 1.22 bits per heavy atom. The van der Waals surface area contributed by atoms with Crippen molar-refractivity contribution in [2.75, 3.05) is 0 Å². The van der Waals surface area contributed by atoms with E-state index >= 15 is 0 Å². The number of hydrogen-bond acceptors (Lipinski definition) is 2. The van der Waals surface area contributed by atoms with E-state index in [1.165, 1.54) is 12.8 Å². The molecule has 1 rings (SSSR count). The van der Waals surface area contributed by atoms with E-state index in [4.69, 9.17) is 0 Å². The molecule has 18 heavy (non-hydrogen) atoms. The minimum absolute atomic E-state index is 0.132. The molecular formula is C15H29NO2. The second-order valence-corrected chi connectivity index (χ2v) is 6.66. The molecule has 0 aromatic rings. The Balaban J connectivity index is 2.73. The molecule has 0 aliphatic heterocycles. The van der Waals surface area contributed by atoms with Gasteiger partial charge < -0.3 is 10.4 Å². The predicted octanol–water partition coefficient (Wildman–Crippen LogP) is 3.15. The van der Waals surface area contributed by atoms with Crippen LogP contribution in [0.15, 0.2) is 0 Å². The highest BCUT2D eigenvalue weighted by molar-refractivity contribution is 5.73. The van der Waals surface area contributed by atoms with Crippen molar-refractivity contribution in [3.63, 3.8) is 0 Å². The van der Waals surface area contributed by atoms with Crippen molar-refractivity contribution in [3.8, 4) is 0 Å². The third-order valence-corrected chi connectivity index (χ3v) is 4.35. The zero-order valence-electron chi connectivity index (χ0n) is 12.4. The third kappa shape index (κ3) is 3.98. The van der Waals surface area contributed by atoms with Gasteiger partial charge in [-0.1, -0.05) is 41.0 Å². The largest absolute Gasteiger partial charge is 0.480 e. The summed E-state index contributed by atoms with van der Waals surface area (Å²) >= 11 is 0. The van der Waals surface area contributed by atoms with E-state index in [1.807, 2.05) is 13.8 Å². The van der Waals surface area contributed by atoms with Crippen LogP contribution in [0.3, 0.4) is 0 Å². The topological polar surface area (TPSA) is 49.3 Å². The summed E-state index contributed by atoms with van der Waals surface area (Å²) < 4.78 is 0. The lowest BCUT2D eigenvalue weighted by Crippen LogP contribution is -2.52. The minimum Gasteiger partial charge on any atom is -0.480 e. The quantitative estimate of drug-likeness (QED) is 0.793. The Labute approximate surface area is 111 Å². The van der Waals surface area contributed by atoms with Crippen LogP contribution in [0.4, 0.5) is 0 Å². The fourth-order valence-electron chi connectivity index (χ4n) is 3.17. The van der Waals surface area contributed by atoms with E-state index in [9.17, 15) is 9.90 Å². The first-order valence-corrected chi connectivity index (χ1v) is 7.31. The van der Waals surface area contributed by atoms with Crippen molar-refractivity contribution >= 4 is 5.97 Å². The van der Waals surface area contributed by atoms with Gasteiger partial charge in [-0.2, -0.15) is 0 Å². The van der Waals surface area contributed by atoms with Crippen LogP contribution in [0.1, 0.15) is 53.9 Å². The third-order valence-electron chi connectivity index (χ3n) is 4.35. The van der Waals surface area contributed by atoms with Crippen LogP contribution in [0.5, 0.6) is 0 Å². The molecule has 0 heterocycles. The summed E-state index contributed by atoms with van der Waals surface area (Å²) in [6, 6.07) is -0.0567. The normalized spacial score (nSPS) is 30.7. The van der Waals surface area contributed by atoms with Crippen LogP contribution in [-0.4, -0.2) is 23.2 Å². The van der Waals surface area contributed by atoms with Gasteiger partial charge in [0.2, 0.25) is 0 Å². The molecule has 1 aliphatic rings. The molecule has 4 unspecified atom stereocenters. The second kappa shape index (κ2) is 6.55. The maximum absolute atomic E-state index is 11.3. The summed E-state index contributed by atoms with van der Waals surface area (Å²) in [7, 11) is 0. The Morgan fingerprint density at radius 2 is 1.83 bits per heavy atom. The molecule has 3 nitrogen and oxygen atoms in total. The summed E-state index contributed by atoms with van der Waals surface area (Å²) in [6.45, 7) is 10.7. The molecular weight excluding hydrogens is 226 g/mol. The summed E-state index contributed by atoms with van der Waals surface area (Å²) in [5.74, 6) is 1.36.